The Bertz CT molecular complexity index is 32.7. The molecular weight excluding hydrogens is 158 g/mol. The van der Waals surface area contributed by atoms with Crippen LogP contribution in [0.25, 0.3) is 0 Å². The molecule has 0 saturated heterocycles. The third-order valence-corrected chi connectivity index (χ3v) is 0. The molecule has 0 aromatic rings. The topological polar surface area (TPSA) is 94.9 Å². The molecule has 0 unspecified atom stereocenters. The summed E-state index contributed by atoms with van der Waals surface area (Å²) in [6, 6.07) is 0. The fourth-order valence-corrected chi connectivity index (χ4v) is 0. The van der Waals surface area contributed by atoms with Gasteiger partial charge in [0, 0.05) is 0 Å². The number of hydrogen-bond acceptors (Lipinski definition) is 2. The second kappa shape index (κ2) is 15.6. The van der Waals surface area contributed by atoms with Gasteiger partial charge in [-0.2, -0.15) is 0 Å². The predicted molar refractivity (Wildman–Crippen MR) is 23.9 cm³/mol. The quantitative estimate of drug-likeness (QED) is 0.254. The molecule has 0 aliphatic heterocycles. The van der Waals surface area contributed by atoms with Crippen molar-refractivity contribution in [2.75, 3.05) is 0 Å². The van der Waals surface area contributed by atoms with Crippen molar-refractivity contribution in [1.29, 1.82) is 0 Å². The van der Waals surface area contributed by atoms with Crippen molar-refractivity contribution < 1.29 is 15.8 Å². The largest absolute Gasteiger partial charge is 2.00 e. The molecule has 7 heteroatoms. The Morgan fingerprint density at radius 1 is 1.43 bits per heavy atom. The van der Waals surface area contributed by atoms with E-state index >= 15 is 0 Å². The Hall–Kier alpha value is 1.68. The Balaban J connectivity index is -0.0000000150. The summed E-state index contributed by atoms with van der Waals surface area (Å²) in [7, 11) is 0. The normalized spacial score (nSPS) is 3.43. The van der Waals surface area contributed by atoms with Crippen LogP contribution in [-0.2, 0) is 0 Å². The maximum atomic E-state index is 8.36. The van der Waals surface area contributed by atoms with Crippen LogP contribution in [0, 0.1) is 10.1 Å². The molecule has 0 spiro atoms. The van der Waals surface area contributed by atoms with Crippen molar-refractivity contribution in [3.8, 4) is 0 Å². The van der Waals surface area contributed by atoms with Gasteiger partial charge in [-0.05, 0) is 0 Å². The molecule has 0 rings (SSSR count). The molecule has 0 heterocycles. The van der Waals surface area contributed by atoms with Gasteiger partial charge in [0.1, 0.15) is 0 Å². The van der Waals surface area contributed by atoms with Gasteiger partial charge in [-0.15, -0.1) is 10.1 Å². The molecule has 0 aromatic heterocycles. The van der Waals surface area contributed by atoms with Gasteiger partial charge >= 0.3 is 75.5 Å². The smallest absolute Gasteiger partial charge is 0.412 e. The van der Waals surface area contributed by atoms with Gasteiger partial charge in [-0.1, -0.05) is 0 Å². The fourth-order valence-electron chi connectivity index (χ4n) is 0. The van der Waals surface area contributed by atoms with Gasteiger partial charge in [0.25, 0.3) is 5.09 Å². The van der Waals surface area contributed by atoms with Gasteiger partial charge in [0.2, 0.25) is 0 Å². The molecular formula is H3Ca2NO4+4. The van der Waals surface area contributed by atoms with Crippen LogP contribution in [0.2, 0.25) is 0 Å². The van der Waals surface area contributed by atoms with E-state index in [4.69, 9.17) is 15.3 Å². The maximum absolute atomic E-state index is 8.36. The summed E-state index contributed by atoms with van der Waals surface area (Å²) in [4.78, 5) is 8.36. The van der Waals surface area contributed by atoms with Crippen LogP contribution in [-0.4, -0.2) is 91.2 Å². The summed E-state index contributed by atoms with van der Waals surface area (Å²) in [6.45, 7) is 0. The van der Waals surface area contributed by atoms with Gasteiger partial charge in [-0.3, -0.25) is 0 Å². The van der Waals surface area contributed by atoms with E-state index in [0.29, 0.717) is 0 Å². The summed E-state index contributed by atoms with van der Waals surface area (Å²) in [5.41, 5.74) is 0. The van der Waals surface area contributed by atoms with Crippen LogP contribution >= 0.6 is 0 Å². The van der Waals surface area contributed by atoms with E-state index in [1.54, 1.807) is 0 Å². The van der Waals surface area contributed by atoms with Crippen molar-refractivity contribution in [3.63, 3.8) is 0 Å². The zero-order valence-corrected chi connectivity index (χ0v) is 8.04. The second-order valence-corrected chi connectivity index (χ2v) is 0.238. The molecule has 7 heavy (non-hydrogen) atoms. The molecule has 0 aromatic carbocycles. The Labute approximate surface area is 99.5 Å². The summed E-state index contributed by atoms with van der Waals surface area (Å²) < 4.78 is 0. The SMILES string of the molecule is O.O=[N+]([O-])O.[Ca+2].[Ca+2]. The third kappa shape index (κ3) is 87.8. The molecule has 32 valence electrons. The molecule has 0 amide bonds. The van der Waals surface area contributed by atoms with E-state index in [1.165, 1.54) is 0 Å². The standard InChI is InChI=1S/2Ca.HNO3.H2O/c;;2-1(3)4;/h;;(H,2,3,4);1H2/q2*+2;;. The summed E-state index contributed by atoms with van der Waals surface area (Å²) >= 11 is 0. The fraction of sp³-hybridized carbons (Fsp3) is 0. The average Bonchev–Trinajstić information content (AvgIpc) is 0.811. The van der Waals surface area contributed by atoms with Gasteiger partial charge < -0.3 is 10.7 Å². The summed E-state index contributed by atoms with van der Waals surface area (Å²) in [6.07, 6.45) is 0. The number of hydrogen-bond donors (Lipinski definition) is 1. The first-order valence-electron chi connectivity index (χ1n) is 0.565. The molecule has 3 N–H and O–H groups in total. The van der Waals surface area contributed by atoms with Crippen LogP contribution < -0.4 is 0 Å². The first-order chi connectivity index (χ1) is 1.73. The Morgan fingerprint density at radius 2 is 1.43 bits per heavy atom. The summed E-state index contributed by atoms with van der Waals surface area (Å²) in [5.74, 6) is 0. The molecule has 0 bridgehead atoms. The van der Waals surface area contributed by atoms with Gasteiger partial charge in [0.05, 0.1) is 0 Å². The minimum absolute atomic E-state index is 0. The zero-order valence-electron chi connectivity index (χ0n) is 3.63. The van der Waals surface area contributed by atoms with Gasteiger partial charge in [-0.25, -0.2) is 0 Å². The first kappa shape index (κ1) is 23.4. The second-order valence-electron chi connectivity index (χ2n) is 0.238. The first-order valence-corrected chi connectivity index (χ1v) is 0.565. The number of nitrogens with zero attached hydrogens (tertiary/aromatic N) is 1. The average molecular weight is 161 g/mol. The van der Waals surface area contributed by atoms with Crippen molar-refractivity contribution in [1.82, 2.24) is 0 Å². The minimum Gasteiger partial charge on any atom is -0.412 e. The van der Waals surface area contributed by atoms with Gasteiger partial charge in [0.15, 0.2) is 0 Å². The van der Waals surface area contributed by atoms with Crippen LogP contribution in [0.5, 0.6) is 0 Å². The molecule has 0 atom stereocenters. The van der Waals surface area contributed by atoms with E-state index in [9.17, 15) is 0 Å². The molecule has 0 saturated carbocycles. The van der Waals surface area contributed by atoms with Crippen molar-refractivity contribution in [3.05, 3.63) is 10.1 Å². The van der Waals surface area contributed by atoms with Crippen LogP contribution in [0.1, 0.15) is 0 Å². The van der Waals surface area contributed by atoms with E-state index in [1.807, 2.05) is 0 Å². The minimum atomic E-state index is -1.50. The third-order valence-electron chi connectivity index (χ3n) is 0. The van der Waals surface area contributed by atoms with Crippen molar-refractivity contribution in [2.45, 2.75) is 0 Å². The van der Waals surface area contributed by atoms with Crippen LogP contribution in [0.4, 0.5) is 0 Å². The van der Waals surface area contributed by atoms with Crippen LogP contribution in [0.3, 0.4) is 0 Å². The Morgan fingerprint density at radius 3 is 1.43 bits per heavy atom. The van der Waals surface area contributed by atoms with Crippen molar-refractivity contribution in [2.24, 2.45) is 0 Å². The van der Waals surface area contributed by atoms with E-state index in [0.717, 1.165) is 0 Å². The predicted octanol–water partition coefficient (Wildman–Crippen LogP) is -1.93. The molecule has 0 radical (unpaired) electrons. The Kier molecular flexibility index (Phi) is 52.2. The molecule has 0 fully saturated rings. The number of rotatable bonds is 0. The molecule has 0 aliphatic rings. The van der Waals surface area contributed by atoms with Crippen molar-refractivity contribution >= 4 is 75.5 Å². The van der Waals surface area contributed by atoms with Crippen LogP contribution in [0.15, 0.2) is 0 Å². The summed E-state index contributed by atoms with van der Waals surface area (Å²) in [5, 5.41) is 13.6. The van der Waals surface area contributed by atoms with E-state index < -0.39 is 5.09 Å². The zero-order chi connectivity index (χ0) is 3.58. The maximum Gasteiger partial charge on any atom is 2.00 e. The molecule has 5 nitrogen and oxygen atoms in total. The van der Waals surface area contributed by atoms with E-state index in [2.05, 4.69) is 0 Å². The van der Waals surface area contributed by atoms with E-state index in [-0.39, 0.29) is 81.0 Å². The molecule has 0 aliphatic carbocycles. The monoisotopic (exact) mass is 161 g/mol.